The first-order valence-corrected chi connectivity index (χ1v) is 7.26. The minimum absolute atomic E-state index is 0.394. The van der Waals surface area contributed by atoms with Gasteiger partial charge in [0, 0.05) is 9.85 Å². The van der Waals surface area contributed by atoms with Gasteiger partial charge in [-0.15, -0.1) is 0 Å². The summed E-state index contributed by atoms with van der Waals surface area (Å²) in [4.78, 5) is 0.394. The van der Waals surface area contributed by atoms with Crippen molar-refractivity contribution in [3.8, 4) is 0 Å². The van der Waals surface area contributed by atoms with Crippen molar-refractivity contribution in [2.75, 3.05) is 0 Å². The van der Waals surface area contributed by atoms with Gasteiger partial charge in [0.15, 0.2) is 0 Å². The molecule has 0 saturated heterocycles. The SMILES string of the molecule is CCCCCC(Br)c1cc(C)c(C)cc1Cl. The summed E-state index contributed by atoms with van der Waals surface area (Å²) in [5.74, 6) is 0. The Kier molecular flexibility index (Phi) is 5.85. The second-order valence-corrected chi connectivity index (χ2v) is 5.93. The molecule has 1 atom stereocenters. The van der Waals surface area contributed by atoms with E-state index in [9.17, 15) is 0 Å². The van der Waals surface area contributed by atoms with Crippen LogP contribution in [0.15, 0.2) is 12.1 Å². The highest BCUT2D eigenvalue weighted by molar-refractivity contribution is 9.09. The first-order valence-electron chi connectivity index (χ1n) is 5.97. The molecular formula is C14H20BrCl. The van der Waals surface area contributed by atoms with Gasteiger partial charge in [0.05, 0.1) is 0 Å². The van der Waals surface area contributed by atoms with Crippen molar-refractivity contribution < 1.29 is 0 Å². The van der Waals surface area contributed by atoms with Gasteiger partial charge < -0.3 is 0 Å². The van der Waals surface area contributed by atoms with Gasteiger partial charge in [0.25, 0.3) is 0 Å². The van der Waals surface area contributed by atoms with Gasteiger partial charge in [-0.05, 0) is 43.0 Å². The van der Waals surface area contributed by atoms with Crippen LogP contribution in [0.3, 0.4) is 0 Å². The second-order valence-electron chi connectivity index (χ2n) is 4.42. The lowest BCUT2D eigenvalue weighted by atomic mass is 10.0. The van der Waals surface area contributed by atoms with E-state index in [2.05, 4.69) is 48.8 Å². The molecule has 0 aromatic heterocycles. The molecule has 16 heavy (non-hydrogen) atoms. The fourth-order valence-corrected chi connectivity index (χ4v) is 2.96. The molecule has 1 aromatic rings. The van der Waals surface area contributed by atoms with E-state index in [-0.39, 0.29) is 0 Å². The molecule has 2 heteroatoms. The summed E-state index contributed by atoms with van der Waals surface area (Å²) in [7, 11) is 0. The largest absolute Gasteiger partial charge is 0.0840 e. The maximum atomic E-state index is 6.28. The summed E-state index contributed by atoms with van der Waals surface area (Å²) in [5, 5.41) is 0.890. The van der Waals surface area contributed by atoms with Crippen LogP contribution < -0.4 is 0 Å². The average Bonchev–Trinajstić information content (AvgIpc) is 2.23. The van der Waals surface area contributed by atoms with Crippen LogP contribution in [-0.2, 0) is 0 Å². The van der Waals surface area contributed by atoms with Crippen LogP contribution in [0.2, 0.25) is 5.02 Å². The molecule has 0 bridgehead atoms. The first-order chi connectivity index (χ1) is 7.56. The predicted octanol–water partition coefficient (Wildman–Crippen LogP) is 5.97. The number of hydrogen-bond acceptors (Lipinski definition) is 0. The zero-order chi connectivity index (χ0) is 12.1. The molecule has 0 fully saturated rings. The summed E-state index contributed by atoms with van der Waals surface area (Å²) in [5.41, 5.74) is 3.82. The van der Waals surface area contributed by atoms with Crippen molar-refractivity contribution >= 4 is 27.5 Å². The third-order valence-electron chi connectivity index (χ3n) is 3.01. The van der Waals surface area contributed by atoms with Crippen molar-refractivity contribution in [3.05, 3.63) is 33.8 Å². The number of alkyl halides is 1. The lowest BCUT2D eigenvalue weighted by Crippen LogP contribution is -1.94. The van der Waals surface area contributed by atoms with E-state index in [1.54, 1.807) is 0 Å². The lowest BCUT2D eigenvalue weighted by molar-refractivity contribution is 0.664. The quantitative estimate of drug-likeness (QED) is 0.464. The van der Waals surface area contributed by atoms with Crippen LogP contribution in [0.4, 0.5) is 0 Å². The molecule has 0 aliphatic rings. The van der Waals surface area contributed by atoms with Gasteiger partial charge in [0.2, 0.25) is 0 Å². The van der Waals surface area contributed by atoms with Crippen LogP contribution in [0.5, 0.6) is 0 Å². The topological polar surface area (TPSA) is 0 Å². The minimum atomic E-state index is 0.394. The molecular weight excluding hydrogens is 284 g/mol. The normalized spacial score (nSPS) is 12.8. The fourth-order valence-electron chi connectivity index (χ4n) is 1.77. The van der Waals surface area contributed by atoms with Crippen LogP contribution in [0, 0.1) is 13.8 Å². The summed E-state index contributed by atoms with van der Waals surface area (Å²) >= 11 is 10.0. The average molecular weight is 304 g/mol. The zero-order valence-corrected chi connectivity index (χ0v) is 12.7. The van der Waals surface area contributed by atoms with Crippen molar-refractivity contribution in [2.24, 2.45) is 0 Å². The Morgan fingerprint density at radius 1 is 1.19 bits per heavy atom. The molecule has 0 aliphatic heterocycles. The number of rotatable bonds is 5. The third kappa shape index (κ3) is 3.78. The van der Waals surface area contributed by atoms with Crippen molar-refractivity contribution in [2.45, 2.75) is 51.3 Å². The molecule has 0 N–H and O–H groups in total. The van der Waals surface area contributed by atoms with Gasteiger partial charge in [0.1, 0.15) is 0 Å². The van der Waals surface area contributed by atoms with Crippen molar-refractivity contribution in [3.63, 3.8) is 0 Å². The van der Waals surface area contributed by atoms with Gasteiger partial charge in [-0.25, -0.2) is 0 Å². The van der Waals surface area contributed by atoms with E-state index in [1.807, 2.05) is 0 Å². The maximum Gasteiger partial charge on any atom is 0.0452 e. The van der Waals surface area contributed by atoms with Crippen LogP contribution in [-0.4, -0.2) is 0 Å². The van der Waals surface area contributed by atoms with E-state index >= 15 is 0 Å². The molecule has 0 radical (unpaired) electrons. The van der Waals surface area contributed by atoms with E-state index in [4.69, 9.17) is 11.6 Å². The predicted molar refractivity (Wildman–Crippen MR) is 76.7 cm³/mol. The van der Waals surface area contributed by atoms with Crippen LogP contribution in [0.1, 0.15) is 54.1 Å². The number of hydrogen-bond donors (Lipinski definition) is 0. The zero-order valence-electron chi connectivity index (χ0n) is 10.3. The van der Waals surface area contributed by atoms with Gasteiger partial charge in [-0.3, -0.25) is 0 Å². The second kappa shape index (κ2) is 6.66. The van der Waals surface area contributed by atoms with Gasteiger partial charge in [-0.2, -0.15) is 0 Å². The number of unbranched alkanes of at least 4 members (excludes halogenated alkanes) is 2. The molecule has 0 nitrogen and oxygen atoms in total. The van der Waals surface area contributed by atoms with Gasteiger partial charge in [-0.1, -0.05) is 59.8 Å². The van der Waals surface area contributed by atoms with E-state index in [1.165, 1.54) is 36.0 Å². The molecule has 0 aliphatic carbocycles. The number of benzene rings is 1. The third-order valence-corrected chi connectivity index (χ3v) is 4.29. The Hall–Kier alpha value is -0.0100. The Balaban J connectivity index is 2.75. The highest BCUT2D eigenvalue weighted by Crippen LogP contribution is 2.35. The van der Waals surface area contributed by atoms with E-state index in [0.717, 1.165) is 11.4 Å². The minimum Gasteiger partial charge on any atom is -0.0840 e. The van der Waals surface area contributed by atoms with Crippen LogP contribution >= 0.6 is 27.5 Å². The monoisotopic (exact) mass is 302 g/mol. The highest BCUT2D eigenvalue weighted by Gasteiger charge is 2.12. The molecule has 0 heterocycles. The van der Waals surface area contributed by atoms with E-state index in [0.29, 0.717) is 4.83 Å². The Morgan fingerprint density at radius 3 is 2.44 bits per heavy atom. The summed E-state index contributed by atoms with van der Waals surface area (Å²) in [6, 6.07) is 4.28. The maximum absolute atomic E-state index is 6.28. The Bertz CT molecular complexity index is 347. The number of aryl methyl sites for hydroxylation is 2. The molecule has 1 aromatic carbocycles. The lowest BCUT2D eigenvalue weighted by Gasteiger charge is -2.14. The van der Waals surface area contributed by atoms with Crippen molar-refractivity contribution in [1.82, 2.24) is 0 Å². The molecule has 1 unspecified atom stereocenters. The smallest absolute Gasteiger partial charge is 0.0452 e. The number of halogens is 2. The highest BCUT2D eigenvalue weighted by atomic mass is 79.9. The standard InChI is InChI=1S/C14H20BrCl/c1-4-5-6-7-13(15)12-8-10(2)11(3)9-14(12)16/h8-9,13H,4-7H2,1-3H3. The molecule has 1 rings (SSSR count). The molecule has 0 spiro atoms. The van der Waals surface area contributed by atoms with Crippen LogP contribution in [0.25, 0.3) is 0 Å². The summed E-state index contributed by atoms with van der Waals surface area (Å²) < 4.78 is 0. The van der Waals surface area contributed by atoms with Crippen molar-refractivity contribution in [1.29, 1.82) is 0 Å². The fraction of sp³-hybridized carbons (Fsp3) is 0.571. The summed E-state index contributed by atoms with van der Waals surface area (Å²) in [6.45, 7) is 6.47. The Morgan fingerprint density at radius 2 is 1.81 bits per heavy atom. The summed E-state index contributed by atoms with van der Waals surface area (Å²) in [6.07, 6.45) is 4.98. The van der Waals surface area contributed by atoms with Gasteiger partial charge >= 0.3 is 0 Å². The first kappa shape index (κ1) is 14.1. The molecule has 0 saturated carbocycles. The molecule has 0 amide bonds. The Labute approximate surface area is 113 Å². The van der Waals surface area contributed by atoms with E-state index < -0.39 is 0 Å². The molecule has 90 valence electrons.